The predicted octanol–water partition coefficient (Wildman–Crippen LogP) is 2.15. The van der Waals surface area contributed by atoms with Crippen LogP contribution in [0.15, 0.2) is 36.5 Å². The topological polar surface area (TPSA) is 98.5 Å². The highest BCUT2D eigenvalue weighted by Gasteiger charge is 2.03. The van der Waals surface area contributed by atoms with Gasteiger partial charge in [-0.15, -0.1) is 0 Å². The number of nitrogens with two attached hydrogens (primary N) is 1. The van der Waals surface area contributed by atoms with Crippen molar-refractivity contribution < 1.29 is 0 Å². The zero-order valence-corrected chi connectivity index (χ0v) is 9.38. The van der Waals surface area contributed by atoms with Gasteiger partial charge in [0.25, 0.3) is 0 Å². The summed E-state index contributed by atoms with van der Waals surface area (Å²) in [6.45, 7) is 0. The maximum atomic E-state index is 8.92. The normalized spacial score (nSPS) is 9.22. The van der Waals surface area contributed by atoms with E-state index in [9.17, 15) is 0 Å². The van der Waals surface area contributed by atoms with E-state index < -0.39 is 0 Å². The van der Waals surface area contributed by atoms with E-state index in [0.717, 1.165) is 11.4 Å². The van der Waals surface area contributed by atoms with Crippen LogP contribution in [0.1, 0.15) is 11.1 Å². The number of nitriles is 2. The van der Waals surface area contributed by atoms with Gasteiger partial charge < -0.3 is 11.1 Å². The molecule has 18 heavy (non-hydrogen) atoms. The summed E-state index contributed by atoms with van der Waals surface area (Å²) in [7, 11) is 0. The van der Waals surface area contributed by atoms with Crippen LogP contribution >= 0.6 is 0 Å². The van der Waals surface area contributed by atoms with Gasteiger partial charge in [-0.05, 0) is 30.3 Å². The second-order valence-electron chi connectivity index (χ2n) is 3.58. The molecule has 0 bridgehead atoms. The maximum absolute atomic E-state index is 8.92. The molecule has 0 atom stereocenters. The zero-order valence-electron chi connectivity index (χ0n) is 9.38. The van der Waals surface area contributed by atoms with Gasteiger partial charge in [-0.1, -0.05) is 0 Å². The molecular formula is C13H9N5. The van der Waals surface area contributed by atoms with Crippen molar-refractivity contribution in [3.63, 3.8) is 0 Å². The predicted molar refractivity (Wildman–Crippen MR) is 67.8 cm³/mol. The van der Waals surface area contributed by atoms with E-state index in [1.807, 2.05) is 12.1 Å². The Hall–Kier alpha value is -3.05. The standard InChI is InChI=1S/C13H9N5/c14-6-9-1-2-11(5-10(9)7-15)18-12-3-4-13(16)17-8-12/h1-5,8,18H,(H2,16,17). The van der Waals surface area contributed by atoms with Gasteiger partial charge in [0.2, 0.25) is 0 Å². The molecule has 0 amide bonds. The van der Waals surface area contributed by atoms with Crippen LogP contribution in [0.25, 0.3) is 0 Å². The quantitative estimate of drug-likeness (QED) is 0.830. The van der Waals surface area contributed by atoms with E-state index in [1.54, 1.807) is 36.5 Å². The monoisotopic (exact) mass is 235 g/mol. The maximum Gasteiger partial charge on any atom is 0.123 e. The van der Waals surface area contributed by atoms with Crippen LogP contribution in [0.4, 0.5) is 17.2 Å². The molecule has 2 rings (SSSR count). The van der Waals surface area contributed by atoms with Crippen molar-refractivity contribution in [1.82, 2.24) is 4.98 Å². The molecule has 0 aliphatic heterocycles. The van der Waals surface area contributed by atoms with Crippen LogP contribution in [-0.4, -0.2) is 4.98 Å². The van der Waals surface area contributed by atoms with Crippen molar-refractivity contribution in [3.8, 4) is 12.1 Å². The van der Waals surface area contributed by atoms with Crippen molar-refractivity contribution in [2.75, 3.05) is 11.1 Å². The summed E-state index contributed by atoms with van der Waals surface area (Å²) in [6.07, 6.45) is 1.60. The fourth-order valence-electron chi connectivity index (χ4n) is 1.46. The van der Waals surface area contributed by atoms with Gasteiger partial charge in [0.1, 0.15) is 18.0 Å². The smallest absolute Gasteiger partial charge is 0.123 e. The Morgan fingerprint density at radius 3 is 2.33 bits per heavy atom. The molecule has 0 aliphatic rings. The Morgan fingerprint density at radius 1 is 1.00 bits per heavy atom. The van der Waals surface area contributed by atoms with Crippen LogP contribution in [0, 0.1) is 22.7 Å². The summed E-state index contributed by atoms with van der Waals surface area (Å²) in [4.78, 5) is 3.95. The van der Waals surface area contributed by atoms with E-state index in [-0.39, 0.29) is 0 Å². The Kier molecular flexibility index (Phi) is 3.08. The van der Waals surface area contributed by atoms with Crippen LogP contribution in [0.5, 0.6) is 0 Å². The average Bonchev–Trinajstić information content (AvgIpc) is 2.41. The van der Waals surface area contributed by atoms with E-state index in [2.05, 4.69) is 10.3 Å². The highest BCUT2D eigenvalue weighted by atomic mass is 14.9. The number of nitrogens with zero attached hydrogens (tertiary/aromatic N) is 3. The molecule has 0 radical (unpaired) electrons. The molecule has 1 aromatic heterocycles. The zero-order chi connectivity index (χ0) is 13.0. The Balaban J connectivity index is 2.28. The first-order valence-electron chi connectivity index (χ1n) is 5.16. The number of nitrogen functional groups attached to an aromatic ring is 1. The van der Waals surface area contributed by atoms with Crippen molar-refractivity contribution in [2.45, 2.75) is 0 Å². The van der Waals surface area contributed by atoms with Crippen LogP contribution < -0.4 is 11.1 Å². The largest absolute Gasteiger partial charge is 0.384 e. The average molecular weight is 235 g/mol. The lowest BCUT2D eigenvalue weighted by Gasteiger charge is -2.06. The van der Waals surface area contributed by atoms with E-state index >= 15 is 0 Å². The molecule has 0 saturated carbocycles. The van der Waals surface area contributed by atoms with Crippen molar-refractivity contribution in [2.24, 2.45) is 0 Å². The van der Waals surface area contributed by atoms with Gasteiger partial charge in [0.05, 0.1) is 23.0 Å². The number of pyridine rings is 1. The number of rotatable bonds is 2. The molecule has 1 heterocycles. The molecule has 5 heteroatoms. The molecule has 0 saturated heterocycles. The van der Waals surface area contributed by atoms with E-state index in [0.29, 0.717) is 16.9 Å². The van der Waals surface area contributed by atoms with Gasteiger partial charge in [-0.3, -0.25) is 0 Å². The first-order chi connectivity index (χ1) is 8.72. The van der Waals surface area contributed by atoms with Crippen LogP contribution in [0.2, 0.25) is 0 Å². The fraction of sp³-hybridized carbons (Fsp3) is 0. The molecule has 0 spiro atoms. The second-order valence-corrected chi connectivity index (χ2v) is 3.58. The third-order valence-corrected chi connectivity index (χ3v) is 2.34. The summed E-state index contributed by atoms with van der Waals surface area (Å²) in [6, 6.07) is 12.4. The number of aromatic nitrogens is 1. The number of hydrogen-bond donors (Lipinski definition) is 2. The minimum absolute atomic E-state index is 0.339. The molecule has 5 nitrogen and oxygen atoms in total. The highest BCUT2D eigenvalue weighted by Crippen LogP contribution is 2.19. The van der Waals surface area contributed by atoms with Gasteiger partial charge in [0, 0.05) is 5.69 Å². The SMILES string of the molecule is N#Cc1ccc(Nc2ccc(N)nc2)cc1C#N. The number of benzene rings is 1. The van der Waals surface area contributed by atoms with Crippen molar-refractivity contribution >= 4 is 17.2 Å². The molecule has 3 N–H and O–H groups in total. The third-order valence-electron chi connectivity index (χ3n) is 2.34. The summed E-state index contributed by atoms with van der Waals surface area (Å²) in [5.41, 5.74) is 7.67. The molecular weight excluding hydrogens is 226 g/mol. The number of hydrogen-bond acceptors (Lipinski definition) is 5. The second kappa shape index (κ2) is 4.86. The minimum Gasteiger partial charge on any atom is -0.384 e. The lowest BCUT2D eigenvalue weighted by atomic mass is 10.1. The molecule has 2 aromatic rings. The fourth-order valence-corrected chi connectivity index (χ4v) is 1.46. The van der Waals surface area contributed by atoms with Gasteiger partial charge in [-0.2, -0.15) is 10.5 Å². The Morgan fingerprint density at radius 2 is 1.72 bits per heavy atom. The van der Waals surface area contributed by atoms with E-state index in [1.165, 1.54) is 0 Å². The minimum atomic E-state index is 0.339. The summed E-state index contributed by atoms with van der Waals surface area (Å²) < 4.78 is 0. The lowest BCUT2D eigenvalue weighted by molar-refractivity contribution is 1.33. The van der Waals surface area contributed by atoms with Gasteiger partial charge in [-0.25, -0.2) is 4.98 Å². The summed E-state index contributed by atoms with van der Waals surface area (Å²) >= 11 is 0. The van der Waals surface area contributed by atoms with E-state index in [4.69, 9.17) is 16.3 Å². The first-order valence-corrected chi connectivity index (χ1v) is 5.16. The molecule has 0 aliphatic carbocycles. The Bertz CT molecular complexity index is 647. The third kappa shape index (κ3) is 2.37. The van der Waals surface area contributed by atoms with Crippen molar-refractivity contribution in [1.29, 1.82) is 10.5 Å². The van der Waals surface area contributed by atoms with Gasteiger partial charge in [0.15, 0.2) is 0 Å². The summed E-state index contributed by atoms with van der Waals surface area (Å²) in [5, 5.41) is 20.8. The van der Waals surface area contributed by atoms with Crippen molar-refractivity contribution in [3.05, 3.63) is 47.7 Å². The summed E-state index contributed by atoms with van der Waals surface area (Å²) in [5.74, 6) is 0.443. The lowest BCUT2D eigenvalue weighted by Crippen LogP contribution is -1.95. The molecule has 1 aromatic carbocycles. The highest BCUT2D eigenvalue weighted by molar-refractivity contribution is 5.63. The first kappa shape index (κ1) is 11.4. The molecule has 0 fully saturated rings. The van der Waals surface area contributed by atoms with Gasteiger partial charge >= 0.3 is 0 Å². The molecule has 86 valence electrons. The number of nitrogens with one attached hydrogen (secondary N) is 1. The van der Waals surface area contributed by atoms with Crippen LogP contribution in [-0.2, 0) is 0 Å². The molecule has 0 unspecified atom stereocenters. The van der Waals surface area contributed by atoms with Crippen LogP contribution in [0.3, 0.4) is 0 Å². The Labute approximate surface area is 104 Å². The number of anilines is 3.